The third-order valence-electron chi connectivity index (χ3n) is 9.26. The van der Waals surface area contributed by atoms with Crippen LogP contribution in [0.1, 0.15) is 98.8 Å². The quantitative estimate of drug-likeness (QED) is 0.101. The Kier molecular flexibility index (Phi) is 14.4. The van der Waals surface area contributed by atoms with E-state index in [2.05, 4.69) is 13.8 Å². The van der Waals surface area contributed by atoms with E-state index in [-0.39, 0.29) is 55.2 Å². The van der Waals surface area contributed by atoms with Gasteiger partial charge in [0.2, 0.25) is 0 Å². The summed E-state index contributed by atoms with van der Waals surface area (Å²) in [6, 6.07) is 2.29. The molecule has 0 N–H and O–H groups in total. The van der Waals surface area contributed by atoms with Gasteiger partial charge in [0.1, 0.15) is 11.1 Å². The van der Waals surface area contributed by atoms with Gasteiger partial charge in [0.15, 0.2) is 11.5 Å². The van der Waals surface area contributed by atoms with E-state index in [4.69, 9.17) is 88.6 Å². The lowest BCUT2D eigenvalue weighted by molar-refractivity contribution is -0.156. The van der Waals surface area contributed by atoms with E-state index < -0.39 is 46.5 Å². The molecular weight excluding hydrogens is 749 g/mol. The highest BCUT2D eigenvalue weighted by atomic mass is 35.5. The fraction of sp³-hybridized carbons (Fsp3) is 0.529. The first-order chi connectivity index (χ1) is 22.9. The standard InChI is InChI=1S/C34H36Cl6O8/c1-3-17-9-5-7-11-19(17)15-45-31(41)25-27(39)21(35)13-23(37)29(25)47-33(43)34(44)48-30-24(38)14-22(36)28(40)26(30)32(42)46-16-20-12-8-6-10-18(20)4-2/h13-14,17-20H,3-12,15-16H2,1-2H3. The summed E-state index contributed by atoms with van der Waals surface area (Å²) in [5.41, 5.74) is -0.881. The molecule has 2 aromatic carbocycles. The Bertz CT molecular complexity index is 1430. The van der Waals surface area contributed by atoms with Crippen LogP contribution in [0.15, 0.2) is 12.1 Å². The van der Waals surface area contributed by atoms with Crippen molar-refractivity contribution in [1.82, 2.24) is 0 Å². The Morgan fingerprint density at radius 1 is 0.562 bits per heavy atom. The number of esters is 4. The van der Waals surface area contributed by atoms with Gasteiger partial charge in [-0.2, -0.15) is 0 Å². The second-order valence-corrected chi connectivity index (χ2v) is 14.5. The van der Waals surface area contributed by atoms with Crippen LogP contribution in [0.5, 0.6) is 11.5 Å². The first-order valence-corrected chi connectivity index (χ1v) is 18.3. The van der Waals surface area contributed by atoms with Crippen LogP contribution < -0.4 is 9.47 Å². The van der Waals surface area contributed by atoms with E-state index in [0.29, 0.717) is 11.8 Å². The smallest absolute Gasteiger partial charge is 0.423 e. The SMILES string of the molecule is CCC1CCCCC1COC(=O)c1c(Cl)c(Cl)cc(Cl)c1OC(=O)C(=O)Oc1c(Cl)cc(Cl)c(Cl)c1C(=O)OCC1CCCCC1CC. The molecule has 8 nitrogen and oxygen atoms in total. The number of carbonyl (C=O) groups excluding carboxylic acids is 4. The van der Waals surface area contributed by atoms with Gasteiger partial charge in [-0.3, -0.25) is 0 Å². The number of benzene rings is 2. The van der Waals surface area contributed by atoms with Crippen LogP contribution in [0.4, 0.5) is 0 Å². The third kappa shape index (κ3) is 9.23. The molecule has 4 atom stereocenters. The van der Waals surface area contributed by atoms with Gasteiger partial charge in [-0.25, -0.2) is 19.2 Å². The van der Waals surface area contributed by atoms with Crippen molar-refractivity contribution in [3.05, 3.63) is 53.4 Å². The Hall–Kier alpha value is -1.94. The molecule has 0 spiro atoms. The van der Waals surface area contributed by atoms with E-state index >= 15 is 0 Å². The second-order valence-electron chi connectivity index (χ2n) is 12.1. The molecule has 2 fully saturated rings. The minimum absolute atomic E-state index is 0.107. The van der Waals surface area contributed by atoms with Crippen molar-refractivity contribution in [3.8, 4) is 11.5 Å². The fourth-order valence-corrected chi connectivity index (χ4v) is 8.02. The molecule has 0 amide bonds. The number of carbonyl (C=O) groups is 4. The van der Waals surface area contributed by atoms with Crippen LogP contribution in [-0.4, -0.2) is 37.1 Å². The summed E-state index contributed by atoms with van der Waals surface area (Å²) in [7, 11) is 0. The largest absolute Gasteiger partial charge is 0.462 e. The van der Waals surface area contributed by atoms with Gasteiger partial charge >= 0.3 is 23.9 Å². The molecule has 0 aliphatic heterocycles. The molecule has 14 heteroatoms. The highest BCUT2D eigenvalue weighted by Crippen LogP contribution is 2.42. The molecule has 0 aromatic heterocycles. The third-order valence-corrected chi connectivity index (χ3v) is 11.4. The van der Waals surface area contributed by atoms with Crippen molar-refractivity contribution >= 4 is 93.5 Å². The molecule has 2 aliphatic rings. The topological polar surface area (TPSA) is 105 Å². The summed E-state index contributed by atoms with van der Waals surface area (Å²) in [5.74, 6) is -5.18. The molecule has 48 heavy (non-hydrogen) atoms. The molecule has 0 bridgehead atoms. The maximum atomic E-state index is 13.3. The second kappa shape index (κ2) is 17.8. The molecule has 2 aromatic rings. The first kappa shape index (κ1) is 38.9. The zero-order valence-corrected chi connectivity index (χ0v) is 31.0. The maximum Gasteiger partial charge on any atom is 0.423 e. The summed E-state index contributed by atoms with van der Waals surface area (Å²) in [6.45, 7) is 4.40. The summed E-state index contributed by atoms with van der Waals surface area (Å²) < 4.78 is 21.7. The Morgan fingerprint density at radius 2 is 0.896 bits per heavy atom. The van der Waals surface area contributed by atoms with E-state index in [9.17, 15) is 19.2 Å². The number of hydrogen-bond acceptors (Lipinski definition) is 8. The van der Waals surface area contributed by atoms with Gasteiger partial charge in [-0.05, 0) is 48.6 Å². The summed E-state index contributed by atoms with van der Waals surface area (Å²) in [5, 5.41) is -1.40. The molecular formula is C34H36Cl6O8. The molecule has 4 rings (SSSR count). The van der Waals surface area contributed by atoms with Crippen LogP contribution >= 0.6 is 69.6 Å². The van der Waals surface area contributed by atoms with Gasteiger partial charge in [0.25, 0.3) is 0 Å². The van der Waals surface area contributed by atoms with Crippen molar-refractivity contribution in [1.29, 1.82) is 0 Å². The summed E-state index contributed by atoms with van der Waals surface area (Å²) in [6.07, 6.45) is 10.0. The molecule has 2 aliphatic carbocycles. The highest BCUT2D eigenvalue weighted by Gasteiger charge is 2.34. The minimum atomic E-state index is -1.63. The van der Waals surface area contributed by atoms with Crippen molar-refractivity contribution in [2.24, 2.45) is 23.7 Å². The van der Waals surface area contributed by atoms with Gasteiger partial charge in [-0.1, -0.05) is 135 Å². The average molecular weight is 785 g/mol. The zero-order chi connectivity index (χ0) is 35.1. The average Bonchev–Trinajstić information content (AvgIpc) is 3.07. The Balaban J connectivity index is 1.53. The molecule has 0 saturated heterocycles. The summed E-state index contributed by atoms with van der Waals surface area (Å²) >= 11 is 37.7. The Labute approximate surface area is 309 Å². The van der Waals surface area contributed by atoms with E-state index in [1.165, 1.54) is 0 Å². The van der Waals surface area contributed by atoms with Crippen LogP contribution in [0.3, 0.4) is 0 Å². The predicted octanol–water partition coefficient (Wildman–Crippen LogP) is 10.9. The molecule has 0 radical (unpaired) electrons. The maximum absolute atomic E-state index is 13.3. The van der Waals surface area contributed by atoms with Crippen molar-refractivity contribution in [2.45, 2.75) is 78.1 Å². The molecule has 4 unspecified atom stereocenters. The van der Waals surface area contributed by atoms with Crippen LogP contribution in [0.25, 0.3) is 0 Å². The normalized spacial score (nSPS) is 20.9. The van der Waals surface area contributed by atoms with Gasteiger partial charge < -0.3 is 18.9 Å². The fourth-order valence-electron chi connectivity index (χ4n) is 6.58. The van der Waals surface area contributed by atoms with E-state index in [1.807, 2.05) is 0 Å². The number of hydrogen-bond donors (Lipinski definition) is 0. The summed E-state index contributed by atoms with van der Waals surface area (Å²) in [4.78, 5) is 52.7. The first-order valence-electron chi connectivity index (χ1n) is 16.0. The van der Waals surface area contributed by atoms with Crippen LogP contribution in [0, 0.1) is 23.7 Å². The van der Waals surface area contributed by atoms with Crippen molar-refractivity contribution in [2.75, 3.05) is 13.2 Å². The lowest BCUT2D eigenvalue weighted by atomic mass is 9.78. The van der Waals surface area contributed by atoms with Gasteiger partial charge in [-0.15, -0.1) is 0 Å². The number of rotatable bonds is 10. The number of ether oxygens (including phenoxy) is 4. The van der Waals surface area contributed by atoms with Crippen LogP contribution in [0.2, 0.25) is 30.1 Å². The van der Waals surface area contributed by atoms with Crippen molar-refractivity contribution in [3.63, 3.8) is 0 Å². The van der Waals surface area contributed by atoms with Gasteiger partial charge in [0.05, 0.1) is 43.3 Å². The van der Waals surface area contributed by atoms with E-state index in [1.54, 1.807) is 0 Å². The Morgan fingerprint density at radius 3 is 1.23 bits per heavy atom. The van der Waals surface area contributed by atoms with E-state index in [0.717, 1.165) is 76.3 Å². The van der Waals surface area contributed by atoms with Crippen molar-refractivity contribution < 1.29 is 38.1 Å². The highest BCUT2D eigenvalue weighted by molar-refractivity contribution is 6.47. The van der Waals surface area contributed by atoms with Crippen LogP contribution in [-0.2, 0) is 19.1 Å². The zero-order valence-electron chi connectivity index (χ0n) is 26.5. The number of halogens is 6. The monoisotopic (exact) mass is 782 g/mol. The predicted molar refractivity (Wildman–Crippen MR) is 186 cm³/mol. The lowest BCUT2D eigenvalue weighted by Crippen LogP contribution is -2.28. The molecule has 0 heterocycles. The molecule has 2 saturated carbocycles. The minimum Gasteiger partial charge on any atom is -0.462 e. The lowest BCUT2D eigenvalue weighted by Gasteiger charge is -2.30. The molecule has 262 valence electrons. The van der Waals surface area contributed by atoms with Gasteiger partial charge in [0, 0.05) is 0 Å².